The minimum absolute atomic E-state index is 0.00560. The highest BCUT2D eigenvalue weighted by atomic mass is 32.1. The third kappa shape index (κ3) is 3.43. The number of nitrogens with zero attached hydrogens (tertiary/aromatic N) is 4. The molecule has 1 aliphatic heterocycles. The molecule has 3 rings (SSSR count). The Kier molecular flexibility index (Phi) is 4.74. The molecule has 0 bridgehead atoms. The number of aryl methyl sites for hydroxylation is 1. The minimum atomic E-state index is -4.55. The summed E-state index contributed by atoms with van der Waals surface area (Å²) in [6, 6.07) is 0. The van der Waals surface area contributed by atoms with Gasteiger partial charge in [-0.1, -0.05) is 11.3 Å². The molecule has 3 heterocycles. The number of rotatable bonds is 4. The van der Waals surface area contributed by atoms with Crippen molar-refractivity contribution in [2.75, 3.05) is 31.3 Å². The molecule has 2 aromatic rings. The van der Waals surface area contributed by atoms with E-state index in [1.165, 1.54) is 18.4 Å². The highest BCUT2D eigenvalue weighted by Gasteiger charge is 2.45. The molecule has 1 fully saturated rings. The lowest BCUT2D eigenvalue weighted by atomic mass is 9.90. The maximum absolute atomic E-state index is 13.0. The van der Waals surface area contributed by atoms with Gasteiger partial charge in [-0.05, 0) is 20.3 Å². The average molecular weight is 400 g/mol. The second-order valence-electron chi connectivity index (χ2n) is 6.57. The number of hydrogen-bond acceptors (Lipinski definition) is 7. The fourth-order valence-electron chi connectivity index (χ4n) is 2.91. The lowest BCUT2D eigenvalue weighted by Gasteiger charge is -2.18. The van der Waals surface area contributed by atoms with Crippen LogP contribution in [0.15, 0.2) is 6.20 Å². The SMILES string of the molecule is CNc1nc(Nc2sc(C3(C)CCN(C)C3=O)nc2C)ncc1C(F)(F)F. The Labute approximate surface area is 158 Å². The lowest BCUT2D eigenvalue weighted by Crippen LogP contribution is -2.33. The van der Waals surface area contributed by atoms with Gasteiger partial charge in [0, 0.05) is 26.8 Å². The van der Waals surface area contributed by atoms with Crippen LogP contribution < -0.4 is 10.6 Å². The van der Waals surface area contributed by atoms with Gasteiger partial charge < -0.3 is 15.5 Å². The van der Waals surface area contributed by atoms with E-state index in [0.717, 1.165) is 6.20 Å². The Morgan fingerprint density at radius 2 is 2.04 bits per heavy atom. The molecule has 146 valence electrons. The van der Waals surface area contributed by atoms with Gasteiger partial charge >= 0.3 is 6.18 Å². The Hall–Kier alpha value is -2.43. The standard InChI is InChI=1S/C16H19F3N6OS/c1-8-11(27-12(22-8)15(2)5-6-25(4)13(15)26)24-14-21-7-9(16(17,18)19)10(20-3)23-14/h7H,5-6H2,1-4H3,(H2,20,21,23,24). The van der Waals surface area contributed by atoms with Crippen molar-refractivity contribution in [3.05, 3.63) is 22.5 Å². The molecule has 0 aliphatic carbocycles. The molecule has 0 saturated carbocycles. The maximum Gasteiger partial charge on any atom is 0.421 e. The van der Waals surface area contributed by atoms with E-state index in [2.05, 4.69) is 25.6 Å². The topological polar surface area (TPSA) is 83.0 Å². The summed E-state index contributed by atoms with van der Waals surface area (Å²) >= 11 is 1.29. The Balaban J connectivity index is 1.89. The number of thiazole rings is 1. The van der Waals surface area contributed by atoms with Gasteiger partial charge in [0.25, 0.3) is 0 Å². The van der Waals surface area contributed by atoms with Crippen LogP contribution in [-0.4, -0.2) is 46.4 Å². The summed E-state index contributed by atoms with van der Waals surface area (Å²) < 4.78 is 38.9. The molecule has 27 heavy (non-hydrogen) atoms. The fourth-order valence-corrected chi connectivity index (χ4v) is 4.04. The predicted octanol–water partition coefficient (Wildman–Crippen LogP) is 3.17. The van der Waals surface area contributed by atoms with Crippen molar-refractivity contribution in [2.24, 2.45) is 0 Å². The summed E-state index contributed by atoms with van der Waals surface area (Å²) in [5.41, 5.74) is -1.00. The van der Waals surface area contributed by atoms with E-state index < -0.39 is 17.2 Å². The summed E-state index contributed by atoms with van der Waals surface area (Å²) in [6.45, 7) is 4.27. The normalized spacial score (nSPS) is 20.3. The highest BCUT2D eigenvalue weighted by Crippen LogP contribution is 2.40. The van der Waals surface area contributed by atoms with Crippen molar-refractivity contribution in [1.82, 2.24) is 19.9 Å². The van der Waals surface area contributed by atoms with Gasteiger partial charge in [-0.3, -0.25) is 4.79 Å². The number of alkyl halides is 3. The Bertz CT molecular complexity index is 884. The van der Waals surface area contributed by atoms with Crippen LogP contribution >= 0.6 is 11.3 Å². The van der Waals surface area contributed by atoms with Gasteiger partial charge in [0.1, 0.15) is 21.4 Å². The van der Waals surface area contributed by atoms with E-state index in [0.29, 0.717) is 28.7 Å². The smallest absolute Gasteiger partial charge is 0.372 e. The zero-order valence-electron chi connectivity index (χ0n) is 15.2. The first-order chi connectivity index (χ1) is 12.6. The number of likely N-dealkylation sites (tertiary alicyclic amines) is 1. The van der Waals surface area contributed by atoms with E-state index in [1.54, 1.807) is 18.9 Å². The number of anilines is 3. The summed E-state index contributed by atoms with van der Waals surface area (Å²) in [5.74, 6) is -0.293. The van der Waals surface area contributed by atoms with Gasteiger partial charge in [0.05, 0.1) is 11.1 Å². The molecule has 7 nitrogen and oxygen atoms in total. The van der Waals surface area contributed by atoms with Crippen LogP contribution in [0.25, 0.3) is 0 Å². The van der Waals surface area contributed by atoms with Crippen LogP contribution in [0.2, 0.25) is 0 Å². The number of halogens is 3. The number of likely N-dealkylation sites (N-methyl/N-ethyl adjacent to an activating group) is 1. The third-order valence-corrected chi connectivity index (χ3v) is 5.93. The third-order valence-electron chi connectivity index (χ3n) is 4.59. The first-order valence-corrected chi connectivity index (χ1v) is 9.00. The monoisotopic (exact) mass is 400 g/mol. The average Bonchev–Trinajstić information content (AvgIpc) is 3.10. The van der Waals surface area contributed by atoms with Crippen LogP contribution in [0.4, 0.5) is 29.9 Å². The molecule has 1 atom stereocenters. The number of aromatic nitrogens is 3. The van der Waals surface area contributed by atoms with Crippen molar-refractivity contribution in [1.29, 1.82) is 0 Å². The molecule has 11 heteroatoms. The molecule has 0 radical (unpaired) electrons. The molecule has 2 N–H and O–H groups in total. The molecule has 0 spiro atoms. The minimum Gasteiger partial charge on any atom is -0.372 e. The van der Waals surface area contributed by atoms with Crippen molar-refractivity contribution < 1.29 is 18.0 Å². The van der Waals surface area contributed by atoms with Crippen molar-refractivity contribution in [3.63, 3.8) is 0 Å². The Morgan fingerprint density at radius 3 is 2.59 bits per heavy atom. The van der Waals surface area contributed by atoms with Crippen LogP contribution in [0.5, 0.6) is 0 Å². The van der Waals surface area contributed by atoms with E-state index >= 15 is 0 Å². The fraction of sp³-hybridized carbons (Fsp3) is 0.500. The summed E-state index contributed by atoms with van der Waals surface area (Å²) in [6.07, 6.45) is -3.15. The van der Waals surface area contributed by atoms with Crippen LogP contribution in [0, 0.1) is 6.92 Å². The van der Waals surface area contributed by atoms with Gasteiger partial charge in [0.2, 0.25) is 11.9 Å². The van der Waals surface area contributed by atoms with E-state index in [9.17, 15) is 18.0 Å². The summed E-state index contributed by atoms with van der Waals surface area (Å²) in [7, 11) is 3.11. The van der Waals surface area contributed by atoms with Crippen LogP contribution in [-0.2, 0) is 16.4 Å². The predicted molar refractivity (Wildman–Crippen MR) is 96.3 cm³/mol. The van der Waals surface area contributed by atoms with Gasteiger partial charge in [-0.15, -0.1) is 0 Å². The first kappa shape index (κ1) is 19.3. The molecule has 1 saturated heterocycles. The zero-order chi connectivity index (χ0) is 20.0. The lowest BCUT2D eigenvalue weighted by molar-refractivity contribution is -0.137. The van der Waals surface area contributed by atoms with E-state index in [-0.39, 0.29) is 17.7 Å². The van der Waals surface area contributed by atoms with Gasteiger partial charge in [-0.25, -0.2) is 9.97 Å². The molecular formula is C16H19F3N6OS. The summed E-state index contributed by atoms with van der Waals surface area (Å²) in [5, 5.41) is 6.61. The number of carbonyl (C=O) groups excluding carboxylic acids is 1. The van der Waals surface area contributed by atoms with Gasteiger partial charge in [-0.2, -0.15) is 18.2 Å². The highest BCUT2D eigenvalue weighted by molar-refractivity contribution is 7.16. The number of amides is 1. The first-order valence-electron chi connectivity index (χ1n) is 8.18. The van der Waals surface area contributed by atoms with Crippen LogP contribution in [0.1, 0.15) is 29.6 Å². The van der Waals surface area contributed by atoms with E-state index in [4.69, 9.17) is 0 Å². The van der Waals surface area contributed by atoms with Crippen molar-refractivity contribution >= 4 is 34.0 Å². The Morgan fingerprint density at radius 1 is 1.33 bits per heavy atom. The van der Waals surface area contributed by atoms with Crippen LogP contribution in [0.3, 0.4) is 0 Å². The van der Waals surface area contributed by atoms with Crippen molar-refractivity contribution in [3.8, 4) is 0 Å². The molecule has 0 aromatic carbocycles. The molecule has 1 aliphatic rings. The zero-order valence-corrected chi connectivity index (χ0v) is 16.0. The second kappa shape index (κ2) is 6.63. The maximum atomic E-state index is 13.0. The second-order valence-corrected chi connectivity index (χ2v) is 7.57. The molecule has 1 amide bonds. The quantitative estimate of drug-likeness (QED) is 0.820. The molecule has 1 unspecified atom stereocenters. The van der Waals surface area contributed by atoms with Crippen molar-refractivity contribution in [2.45, 2.75) is 31.9 Å². The number of hydrogen-bond donors (Lipinski definition) is 2. The van der Waals surface area contributed by atoms with Gasteiger partial charge in [0.15, 0.2) is 0 Å². The number of carbonyl (C=O) groups is 1. The number of nitrogens with one attached hydrogen (secondary N) is 2. The molecular weight excluding hydrogens is 381 g/mol. The van der Waals surface area contributed by atoms with E-state index in [1.807, 2.05) is 6.92 Å². The molecule has 2 aromatic heterocycles. The summed E-state index contributed by atoms with van der Waals surface area (Å²) in [4.78, 5) is 26.3. The largest absolute Gasteiger partial charge is 0.421 e.